The lowest BCUT2D eigenvalue weighted by Crippen LogP contribution is -2.38. The molecule has 2 saturated heterocycles. The van der Waals surface area contributed by atoms with E-state index in [2.05, 4.69) is 5.32 Å². The predicted molar refractivity (Wildman–Crippen MR) is 82.4 cm³/mol. The molecule has 1 N–H and O–H groups in total. The fourth-order valence-electron chi connectivity index (χ4n) is 3.12. The van der Waals surface area contributed by atoms with Crippen LogP contribution >= 0.6 is 0 Å². The molecular weight excluding hydrogens is 280 g/mol. The lowest BCUT2D eigenvalue weighted by Gasteiger charge is -2.18. The van der Waals surface area contributed by atoms with Crippen molar-refractivity contribution in [2.24, 2.45) is 0 Å². The lowest BCUT2D eigenvalue weighted by molar-refractivity contribution is -0.128. The van der Waals surface area contributed by atoms with E-state index in [1.165, 1.54) is 10.5 Å². The summed E-state index contributed by atoms with van der Waals surface area (Å²) in [6, 6.07) is 9.30. The molecule has 2 heterocycles. The largest absolute Gasteiger partial charge is 0.373 e. The van der Waals surface area contributed by atoms with Crippen molar-refractivity contribution in [1.82, 2.24) is 10.2 Å². The van der Waals surface area contributed by atoms with Gasteiger partial charge in [-0.05, 0) is 38.2 Å². The number of rotatable bonds is 5. The number of nitrogens with one attached hydrogen (secondary N) is 1. The zero-order valence-electron chi connectivity index (χ0n) is 12.8. The first-order valence-corrected chi connectivity index (χ1v) is 7.95. The van der Waals surface area contributed by atoms with Crippen LogP contribution in [-0.4, -0.2) is 41.6 Å². The molecule has 0 radical (unpaired) electrons. The van der Waals surface area contributed by atoms with Crippen LogP contribution in [0.5, 0.6) is 0 Å². The molecule has 0 spiro atoms. The Morgan fingerprint density at radius 1 is 1.23 bits per heavy atom. The molecule has 5 heteroatoms. The molecule has 0 aliphatic carbocycles. The minimum absolute atomic E-state index is 0.0161. The van der Waals surface area contributed by atoms with Crippen molar-refractivity contribution in [3.8, 4) is 0 Å². The normalized spacial score (nSPS) is 28.2. The summed E-state index contributed by atoms with van der Waals surface area (Å²) < 4.78 is 5.71. The van der Waals surface area contributed by atoms with Crippen molar-refractivity contribution in [2.75, 3.05) is 6.54 Å². The highest BCUT2D eigenvalue weighted by Crippen LogP contribution is 2.22. The van der Waals surface area contributed by atoms with Crippen molar-refractivity contribution < 1.29 is 14.3 Å². The highest BCUT2D eigenvalue weighted by Gasteiger charge is 2.39. The average molecular weight is 302 g/mol. The van der Waals surface area contributed by atoms with Crippen LogP contribution in [-0.2, 0) is 16.0 Å². The summed E-state index contributed by atoms with van der Waals surface area (Å²) in [6.45, 7) is 2.39. The highest BCUT2D eigenvalue weighted by molar-refractivity contribution is 6.04. The lowest BCUT2D eigenvalue weighted by atomic mass is 10.1. The smallest absolute Gasteiger partial charge is 0.324 e. The molecule has 3 rings (SSSR count). The average Bonchev–Trinajstić information content (AvgIpc) is 3.05. The first-order valence-electron chi connectivity index (χ1n) is 7.95. The van der Waals surface area contributed by atoms with Crippen LogP contribution in [0, 0.1) is 0 Å². The van der Waals surface area contributed by atoms with Crippen molar-refractivity contribution in [3.63, 3.8) is 0 Å². The quantitative estimate of drug-likeness (QED) is 0.848. The van der Waals surface area contributed by atoms with Gasteiger partial charge in [0.2, 0.25) is 0 Å². The maximum absolute atomic E-state index is 12.4. The number of imide groups is 1. The first-order chi connectivity index (χ1) is 10.6. The first kappa shape index (κ1) is 15.0. The minimum Gasteiger partial charge on any atom is -0.373 e. The SMILES string of the molecule is CC1CCC(CN2C(=O)NC(CCc3ccccc3)C2=O)O1. The predicted octanol–water partition coefficient (Wildman–Crippen LogP) is 2.11. The molecule has 3 amide bonds. The molecule has 5 nitrogen and oxygen atoms in total. The fourth-order valence-corrected chi connectivity index (χ4v) is 3.12. The molecule has 118 valence electrons. The number of hydrogen-bond acceptors (Lipinski definition) is 3. The van der Waals surface area contributed by atoms with E-state index in [0.29, 0.717) is 13.0 Å². The Morgan fingerprint density at radius 3 is 2.68 bits per heavy atom. The number of amides is 3. The number of nitrogens with zero attached hydrogens (tertiary/aromatic N) is 1. The van der Waals surface area contributed by atoms with E-state index in [1.54, 1.807) is 0 Å². The van der Waals surface area contributed by atoms with Gasteiger partial charge in [-0.25, -0.2) is 4.79 Å². The van der Waals surface area contributed by atoms with E-state index in [4.69, 9.17) is 4.74 Å². The molecule has 2 fully saturated rings. The molecule has 0 aromatic heterocycles. The third kappa shape index (κ3) is 3.30. The Labute approximate surface area is 130 Å². The second kappa shape index (κ2) is 6.48. The summed E-state index contributed by atoms with van der Waals surface area (Å²) in [4.78, 5) is 25.7. The monoisotopic (exact) mass is 302 g/mol. The third-order valence-electron chi connectivity index (χ3n) is 4.38. The number of carbonyl (C=O) groups excluding carboxylic acids is 2. The van der Waals surface area contributed by atoms with Crippen LogP contribution in [0.25, 0.3) is 0 Å². The van der Waals surface area contributed by atoms with Gasteiger partial charge in [0.25, 0.3) is 5.91 Å². The number of benzene rings is 1. The third-order valence-corrected chi connectivity index (χ3v) is 4.38. The topological polar surface area (TPSA) is 58.6 Å². The summed E-state index contributed by atoms with van der Waals surface area (Å²) >= 11 is 0. The second-order valence-electron chi connectivity index (χ2n) is 6.12. The summed E-state index contributed by atoms with van der Waals surface area (Å²) in [6.07, 6.45) is 3.52. The number of ether oxygens (including phenoxy) is 1. The summed E-state index contributed by atoms with van der Waals surface area (Å²) in [5.74, 6) is -0.121. The number of carbonyl (C=O) groups is 2. The van der Waals surface area contributed by atoms with Crippen molar-refractivity contribution >= 4 is 11.9 Å². The van der Waals surface area contributed by atoms with Gasteiger partial charge in [-0.3, -0.25) is 9.69 Å². The van der Waals surface area contributed by atoms with Gasteiger partial charge >= 0.3 is 6.03 Å². The van der Waals surface area contributed by atoms with Crippen LogP contribution in [0.15, 0.2) is 30.3 Å². The van der Waals surface area contributed by atoms with Gasteiger partial charge in [-0.15, -0.1) is 0 Å². The van der Waals surface area contributed by atoms with Crippen molar-refractivity contribution in [3.05, 3.63) is 35.9 Å². The molecule has 1 aromatic carbocycles. The zero-order chi connectivity index (χ0) is 15.5. The number of aryl methyl sites for hydroxylation is 1. The van der Waals surface area contributed by atoms with E-state index in [0.717, 1.165) is 19.3 Å². The van der Waals surface area contributed by atoms with Gasteiger partial charge in [0, 0.05) is 0 Å². The van der Waals surface area contributed by atoms with Crippen LogP contribution in [0.4, 0.5) is 4.79 Å². The van der Waals surface area contributed by atoms with Crippen molar-refractivity contribution in [1.29, 1.82) is 0 Å². The highest BCUT2D eigenvalue weighted by atomic mass is 16.5. The van der Waals surface area contributed by atoms with Gasteiger partial charge in [0.1, 0.15) is 6.04 Å². The van der Waals surface area contributed by atoms with Gasteiger partial charge in [-0.1, -0.05) is 30.3 Å². The molecule has 3 atom stereocenters. The zero-order valence-corrected chi connectivity index (χ0v) is 12.8. The maximum atomic E-state index is 12.4. The van der Waals surface area contributed by atoms with Crippen LogP contribution in [0.3, 0.4) is 0 Å². The van der Waals surface area contributed by atoms with Crippen LogP contribution in [0.1, 0.15) is 31.7 Å². The van der Waals surface area contributed by atoms with Crippen molar-refractivity contribution in [2.45, 2.75) is 50.9 Å². The van der Waals surface area contributed by atoms with Gasteiger partial charge < -0.3 is 10.1 Å². The summed E-state index contributed by atoms with van der Waals surface area (Å²) in [5.41, 5.74) is 1.18. The molecule has 2 aliphatic rings. The van der Waals surface area contributed by atoms with E-state index in [9.17, 15) is 9.59 Å². The minimum atomic E-state index is -0.411. The van der Waals surface area contributed by atoms with E-state index in [-0.39, 0.29) is 24.1 Å². The summed E-state index contributed by atoms with van der Waals surface area (Å²) in [5, 5.41) is 2.79. The van der Waals surface area contributed by atoms with Gasteiger partial charge in [0.05, 0.1) is 18.8 Å². The Kier molecular flexibility index (Phi) is 4.43. The fraction of sp³-hybridized carbons (Fsp3) is 0.529. The Hall–Kier alpha value is -1.88. The van der Waals surface area contributed by atoms with Gasteiger partial charge in [0.15, 0.2) is 0 Å². The molecule has 0 bridgehead atoms. The van der Waals surface area contributed by atoms with E-state index >= 15 is 0 Å². The Balaban J connectivity index is 1.54. The Morgan fingerprint density at radius 2 is 2.00 bits per heavy atom. The van der Waals surface area contributed by atoms with Crippen LogP contribution < -0.4 is 5.32 Å². The molecular formula is C17H22N2O3. The standard InChI is InChI=1S/C17H22N2O3/c1-12-7-9-14(22-12)11-19-16(20)15(18-17(19)21)10-8-13-5-3-2-4-6-13/h2-6,12,14-15H,7-11H2,1H3,(H,18,21). The van der Waals surface area contributed by atoms with E-state index in [1.807, 2.05) is 37.3 Å². The molecule has 0 saturated carbocycles. The maximum Gasteiger partial charge on any atom is 0.324 e. The molecule has 22 heavy (non-hydrogen) atoms. The molecule has 2 aliphatic heterocycles. The van der Waals surface area contributed by atoms with Crippen LogP contribution in [0.2, 0.25) is 0 Å². The molecule has 3 unspecified atom stereocenters. The molecule has 1 aromatic rings. The number of urea groups is 1. The number of hydrogen-bond donors (Lipinski definition) is 1. The second-order valence-corrected chi connectivity index (χ2v) is 6.12. The summed E-state index contributed by atoms with van der Waals surface area (Å²) in [7, 11) is 0. The van der Waals surface area contributed by atoms with Gasteiger partial charge in [-0.2, -0.15) is 0 Å². The Bertz CT molecular complexity index is 546. The van der Waals surface area contributed by atoms with E-state index < -0.39 is 6.04 Å².